The van der Waals surface area contributed by atoms with Gasteiger partial charge < -0.3 is 53.4 Å². The summed E-state index contributed by atoms with van der Waals surface area (Å²) in [6.45, 7) is 42.8. The molecule has 0 aromatic carbocycles. The van der Waals surface area contributed by atoms with Gasteiger partial charge in [-0.1, -0.05) is 294 Å². The fraction of sp³-hybridized carbons (Fsp3) is 1.00. The van der Waals surface area contributed by atoms with Crippen LogP contribution in [0.3, 0.4) is 0 Å². The van der Waals surface area contributed by atoms with Gasteiger partial charge in [0.2, 0.25) is 11.4 Å². The lowest BCUT2D eigenvalue weighted by molar-refractivity contribution is 0.0828. The number of alkyl halides is 17. The molecule has 544 valence electrons. The molecule has 0 fully saturated rings. The fourth-order valence-corrected chi connectivity index (χ4v) is 20.7. The van der Waals surface area contributed by atoms with Crippen LogP contribution in [0.4, 0.5) is 37.0 Å². The van der Waals surface area contributed by atoms with Crippen molar-refractivity contribution >= 4 is 328 Å². The van der Waals surface area contributed by atoms with E-state index in [0.717, 1.165) is 0 Å². The van der Waals surface area contributed by atoms with Gasteiger partial charge in [-0.3, -0.25) is 12.6 Å². The number of hydrogen-bond acceptors (Lipinski definition) is 15. The largest absolute Gasteiger partial charge is 0.809 e. The molecule has 0 aromatic rings. The molecule has 0 aliphatic heterocycles. The van der Waals surface area contributed by atoms with E-state index in [2.05, 4.69) is 261 Å². The van der Waals surface area contributed by atoms with Crippen LogP contribution in [0.1, 0.15) is 69.2 Å². The van der Waals surface area contributed by atoms with Gasteiger partial charge in [-0.05, 0) is 82.1 Å². The second-order valence-electron chi connectivity index (χ2n) is 23.6. The van der Waals surface area contributed by atoms with Crippen molar-refractivity contribution < 1.29 is 103 Å². The zero-order valence-corrected chi connectivity index (χ0v) is 81.0. The predicted molar refractivity (Wildman–Crippen MR) is 396 cm³/mol. The third-order valence-electron chi connectivity index (χ3n) is 5.48. The molecular formula is C37H75Br8Cl9F9O15P5Si6. The zero-order valence-electron chi connectivity index (χ0n) is 51.1. The topological polar surface area (TPSA) is 138 Å². The highest BCUT2D eigenvalue weighted by Gasteiger charge is 2.57. The highest BCUT2D eigenvalue weighted by Crippen LogP contribution is 2.52. The molecule has 0 heterocycles. The van der Waals surface area contributed by atoms with Crippen molar-refractivity contribution in [3.05, 3.63) is 0 Å². The zero-order chi connectivity index (χ0) is 72.4. The normalized spacial score (nSPS) is 14.4. The highest BCUT2D eigenvalue weighted by molar-refractivity contribution is 9.39. The van der Waals surface area contributed by atoms with Crippen molar-refractivity contribution in [2.24, 2.45) is 16.2 Å². The van der Waals surface area contributed by atoms with E-state index in [-0.39, 0.29) is 39.3 Å². The Bertz CT molecular complexity index is 1500. The van der Waals surface area contributed by atoms with Crippen molar-refractivity contribution in [3.63, 3.8) is 0 Å². The summed E-state index contributed by atoms with van der Waals surface area (Å²) in [4.78, 5) is 0. The average Bonchev–Trinajstić information content (AvgIpc) is 3.16. The van der Waals surface area contributed by atoms with Gasteiger partial charge in [-0.15, -0.1) is 0 Å². The van der Waals surface area contributed by atoms with Crippen LogP contribution < -0.4 is 0 Å². The van der Waals surface area contributed by atoms with E-state index in [0.29, 0.717) is 39.6 Å². The lowest BCUT2D eigenvalue weighted by Gasteiger charge is -2.32. The van der Waals surface area contributed by atoms with Gasteiger partial charge in [0, 0.05) is 0 Å². The van der Waals surface area contributed by atoms with E-state index < -0.39 is 112 Å². The summed E-state index contributed by atoms with van der Waals surface area (Å²) in [6.07, 6.45) is 0. The Hall–Kier alpha value is 8.67. The molecule has 0 spiro atoms. The number of halogens is 26. The monoisotopic (exact) mass is 2200 g/mol. The molecule has 0 aliphatic carbocycles. The second kappa shape index (κ2) is 46.7. The molecule has 0 rings (SSSR count). The van der Waals surface area contributed by atoms with Gasteiger partial charge in [0.1, 0.15) is 23.1 Å². The summed E-state index contributed by atoms with van der Waals surface area (Å²) in [6, 6.07) is 0. The molecule has 52 heteroatoms. The molecule has 15 nitrogen and oxygen atoms in total. The van der Waals surface area contributed by atoms with Crippen LogP contribution in [-0.4, -0.2) is 131 Å². The number of hydrogen-bond donors (Lipinski definition) is 0. The Morgan fingerprint density at radius 1 is 0.270 bits per heavy atom. The van der Waals surface area contributed by atoms with Crippen LogP contribution >= 0.6 is 275 Å². The minimum Gasteiger partial charge on any atom is -0.356 e. The molecular weight excluding hydrogens is 2140 g/mol. The quantitative estimate of drug-likeness (QED) is 0.0214. The summed E-state index contributed by atoms with van der Waals surface area (Å²) in [7, 11) is -36.5. The minimum absolute atomic E-state index is 0.122. The van der Waals surface area contributed by atoms with Gasteiger partial charge in [-0.25, -0.2) is 37.0 Å². The van der Waals surface area contributed by atoms with Crippen molar-refractivity contribution in [2.75, 3.05) is 59.5 Å². The first-order chi connectivity index (χ1) is 38.4. The minimum atomic E-state index is -7.10. The third kappa shape index (κ3) is 101. The molecule has 0 amide bonds. The van der Waals surface area contributed by atoms with Gasteiger partial charge in [0.25, 0.3) is 8.60 Å². The number of rotatable bonds is 31. The molecule has 0 aromatic heterocycles. The maximum absolute atomic E-state index is 11.5. The van der Waals surface area contributed by atoms with Crippen LogP contribution in [0.2, 0.25) is 58.9 Å². The van der Waals surface area contributed by atoms with Crippen LogP contribution in [0.5, 0.6) is 0 Å². The van der Waals surface area contributed by atoms with E-state index in [4.69, 9.17) is 158 Å². The summed E-state index contributed by atoms with van der Waals surface area (Å²) < 4.78 is 173. The first kappa shape index (κ1) is 106. The van der Waals surface area contributed by atoms with E-state index in [1.807, 2.05) is 6.92 Å². The van der Waals surface area contributed by atoms with Gasteiger partial charge in [0.15, 0.2) is 29.2 Å². The molecule has 0 bridgehead atoms. The summed E-state index contributed by atoms with van der Waals surface area (Å²) >= 11 is 76.5. The van der Waals surface area contributed by atoms with Crippen molar-refractivity contribution in [1.29, 1.82) is 0 Å². The molecule has 0 radical (unpaired) electrons. The maximum Gasteiger partial charge on any atom is 0.809 e. The molecule has 0 unspecified atom stereocenters. The third-order valence-corrected chi connectivity index (χ3v) is 24.0. The lowest BCUT2D eigenvalue weighted by Crippen LogP contribution is -2.32. The van der Waals surface area contributed by atoms with Crippen LogP contribution in [-0.2, 0) is 66.0 Å². The molecule has 0 saturated heterocycles. The first-order valence-electron chi connectivity index (χ1n) is 24.2. The molecule has 0 aliphatic rings. The Balaban J connectivity index is -0.000000331. The Kier molecular flexibility index (Phi) is 55.8. The highest BCUT2D eigenvalue weighted by atomic mass is 80.0. The van der Waals surface area contributed by atoms with E-state index in [9.17, 15) is 37.0 Å². The standard InChI is InChI=1S/C15H33O3P.C9H27O3PSi3.C7H9Br8O3P.C6H6Cl9O3P.F9O3PSi3/c1-13(2,3)10-16-19(17-11-14(4,5)6)18-12-15(7,8)9;1-14(2,3)10-13(11-15(4,5)6)12-16(7,8)9;1-5(8,9)2-16-19(17-3-6(10,11)12)18-4-7(13,14)15;7-4(8,9)1-16-19(17-2-5(10,11)12)18-3-6(13,14)15;1-14(2,3)10-13(11-15(4,5)6)12-16(7,8)9/h10-12H2,1-9H3;1-9H3;2-4H2,1H3;1-3H2;. The Morgan fingerprint density at radius 2 is 0.438 bits per heavy atom. The van der Waals surface area contributed by atoms with Gasteiger partial charge in [0.05, 0.1) is 39.6 Å². The lowest BCUT2D eigenvalue weighted by atomic mass is 9.99. The Morgan fingerprint density at radius 3 is 0.584 bits per heavy atom. The average molecular weight is 2210 g/mol. The SMILES string of the molecule is CC(Br)(Br)COP(OCC(Br)(Br)Br)OCC(Br)(Br)Br.CC(C)(C)COP(OCC(C)(C)C)OCC(C)(C)C.C[Si](C)(C)OP(O[Si](C)(C)C)O[Si](C)(C)C.ClC(Cl)(Cl)COP(OCC(Cl)(Cl)Cl)OCC(Cl)(Cl)Cl.F[Si](F)(F)OP(O[Si](F)(F)F)O[Si](F)(F)F. The molecule has 0 N–H and O–H groups in total. The Labute approximate surface area is 645 Å². The maximum atomic E-state index is 11.5. The van der Waals surface area contributed by atoms with E-state index in [1.54, 1.807) is 0 Å². The summed E-state index contributed by atoms with van der Waals surface area (Å²) in [5.74, 6) is 0. The van der Waals surface area contributed by atoms with Crippen molar-refractivity contribution in [2.45, 2.75) is 147 Å². The predicted octanol–water partition coefficient (Wildman–Crippen LogP) is 27.3. The van der Waals surface area contributed by atoms with Crippen molar-refractivity contribution in [1.82, 2.24) is 0 Å². The first-order valence-corrected chi connectivity index (χ1v) is 54.2. The second-order valence-corrected chi connectivity index (χ2v) is 74.5. The van der Waals surface area contributed by atoms with Crippen LogP contribution in [0, 0.1) is 16.2 Å². The smallest absolute Gasteiger partial charge is 0.356 e. The van der Waals surface area contributed by atoms with Crippen LogP contribution in [0.25, 0.3) is 0 Å². The molecule has 0 saturated carbocycles. The van der Waals surface area contributed by atoms with E-state index in [1.165, 1.54) is 0 Å². The summed E-state index contributed by atoms with van der Waals surface area (Å²) in [5.41, 5.74) is 0.365. The summed E-state index contributed by atoms with van der Waals surface area (Å²) in [5, 5.41) is 0. The molecule has 0 atom stereocenters. The fourth-order valence-electron chi connectivity index (χ4n) is 2.91. The van der Waals surface area contributed by atoms with Gasteiger partial charge in [-0.2, -0.15) is 0 Å². The molecule has 89 heavy (non-hydrogen) atoms. The van der Waals surface area contributed by atoms with E-state index >= 15 is 0 Å². The van der Waals surface area contributed by atoms with Gasteiger partial charge >= 0.3 is 62.4 Å². The van der Waals surface area contributed by atoms with Crippen molar-refractivity contribution in [3.8, 4) is 0 Å². The van der Waals surface area contributed by atoms with Crippen LogP contribution in [0.15, 0.2) is 0 Å².